The molecule has 0 radical (unpaired) electrons. The van der Waals surface area contributed by atoms with Gasteiger partial charge in [-0.05, 0) is 6.07 Å². The van der Waals surface area contributed by atoms with E-state index in [1.54, 1.807) is 12.3 Å². The Morgan fingerprint density at radius 1 is 1.53 bits per heavy atom. The number of carbonyl (C=O) groups is 1. The number of aromatic nitrogens is 1. The maximum Gasteiger partial charge on any atom is 0.339 e. The number of carbonyl (C=O) groups excluding carboxylic acids is 1. The van der Waals surface area contributed by atoms with Crippen LogP contribution in [0, 0.1) is 0 Å². The van der Waals surface area contributed by atoms with Gasteiger partial charge in [-0.15, -0.1) is 0 Å². The Balaban J connectivity index is 2.02. The summed E-state index contributed by atoms with van der Waals surface area (Å²) < 4.78 is 10.3. The van der Waals surface area contributed by atoms with Crippen molar-refractivity contribution in [1.29, 1.82) is 0 Å². The molecular formula is C15H13NO3. The van der Waals surface area contributed by atoms with E-state index >= 15 is 0 Å². The number of rotatable bonds is 4. The summed E-state index contributed by atoms with van der Waals surface area (Å²) in [6, 6.07) is 7.48. The van der Waals surface area contributed by atoms with E-state index in [-0.39, 0.29) is 12.1 Å². The van der Waals surface area contributed by atoms with Crippen LogP contribution >= 0.6 is 0 Å². The SMILES string of the molecule is C=Cc1cnc2ccccc2c1C(=O)OCC1CO1. The first-order valence-electron chi connectivity index (χ1n) is 6.08. The van der Waals surface area contributed by atoms with E-state index < -0.39 is 0 Å². The Hall–Kier alpha value is -2.20. The van der Waals surface area contributed by atoms with E-state index in [4.69, 9.17) is 9.47 Å². The van der Waals surface area contributed by atoms with Crippen molar-refractivity contribution in [3.05, 3.63) is 48.2 Å². The molecule has 2 heterocycles. The molecule has 1 aromatic heterocycles. The van der Waals surface area contributed by atoms with Crippen LogP contribution in [0.15, 0.2) is 37.0 Å². The molecule has 0 amide bonds. The predicted octanol–water partition coefficient (Wildman–Crippen LogP) is 2.43. The molecule has 1 unspecified atom stereocenters. The normalized spacial score (nSPS) is 17.2. The Bertz CT molecular complexity index is 647. The third kappa shape index (κ3) is 2.35. The van der Waals surface area contributed by atoms with Gasteiger partial charge in [0.15, 0.2) is 0 Å². The first-order chi connectivity index (χ1) is 9.29. The van der Waals surface area contributed by atoms with E-state index in [0.717, 1.165) is 10.9 Å². The summed E-state index contributed by atoms with van der Waals surface area (Å²) in [5, 5.41) is 0.779. The minimum absolute atomic E-state index is 0.0595. The predicted molar refractivity (Wildman–Crippen MR) is 71.9 cm³/mol. The molecule has 1 aliphatic heterocycles. The highest BCUT2D eigenvalue weighted by Gasteiger charge is 2.25. The number of ether oxygens (including phenoxy) is 2. The standard InChI is InChI=1S/C15H13NO3/c1-2-10-7-16-13-6-4-3-5-12(13)14(10)15(17)19-9-11-8-18-11/h2-7,11H,1,8-9H2. The summed E-state index contributed by atoms with van der Waals surface area (Å²) in [5.74, 6) is -0.357. The largest absolute Gasteiger partial charge is 0.459 e. The number of nitrogens with zero attached hydrogens (tertiary/aromatic N) is 1. The minimum Gasteiger partial charge on any atom is -0.459 e. The summed E-state index contributed by atoms with van der Waals surface area (Å²) in [6.07, 6.45) is 3.31. The van der Waals surface area contributed by atoms with Crippen molar-refractivity contribution in [2.24, 2.45) is 0 Å². The third-order valence-electron chi connectivity index (χ3n) is 3.03. The van der Waals surface area contributed by atoms with Crippen LogP contribution in [0.1, 0.15) is 15.9 Å². The Morgan fingerprint density at radius 3 is 3.05 bits per heavy atom. The first-order valence-corrected chi connectivity index (χ1v) is 6.08. The van der Waals surface area contributed by atoms with Crippen molar-refractivity contribution < 1.29 is 14.3 Å². The van der Waals surface area contributed by atoms with E-state index in [2.05, 4.69) is 11.6 Å². The van der Waals surface area contributed by atoms with Crippen molar-refractivity contribution in [3.63, 3.8) is 0 Å². The lowest BCUT2D eigenvalue weighted by Crippen LogP contribution is -2.12. The molecule has 0 N–H and O–H groups in total. The Morgan fingerprint density at radius 2 is 2.32 bits per heavy atom. The molecule has 4 heteroatoms. The van der Waals surface area contributed by atoms with Gasteiger partial charge in [0, 0.05) is 17.1 Å². The molecule has 0 saturated carbocycles. The van der Waals surface area contributed by atoms with Crippen LogP contribution in [0.2, 0.25) is 0 Å². The summed E-state index contributed by atoms with van der Waals surface area (Å²) >= 11 is 0. The van der Waals surface area contributed by atoms with Crippen LogP contribution < -0.4 is 0 Å². The zero-order valence-corrected chi connectivity index (χ0v) is 10.3. The van der Waals surface area contributed by atoms with Gasteiger partial charge in [-0.3, -0.25) is 4.98 Å². The second-order valence-electron chi connectivity index (χ2n) is 4.36. The zero-order chi connectivity index (χ0) is 13.2. The molecule has 4 nitrogen and oxygen atoms in total. The van der Waals surface area contributed by atoms with Gasteiger partial charge in [-0.25, -0.2) is 4.79 Å². The molecule has 0 aliphatic carbocycles. The van der Waals surface area contributed by atoms with E-state index in [0.29, 0.717) is 24.3 Å². The lowest BCUT2D eigenvalue weighted by molar-refractivity contribution is 0.0478. The van der Waals surface area contributed by atoms with Crippen LogP contribution in [0.5, 0.6) is 0 Å². The lowest BCUT2D eigenvalue weighted by Gasteiger charge is -2.09. The molecule has 0 spiro atoms. The monoisotopic (exact) mass is 255 g/mol. The highest BCUT2D eigenvalue weighted by molar-refractivity contribution is 6.06. The molecule has 0 bridgehead atoms. The topological polar surface area (TPSA) is 51.7 Å². The van der Waals surface area contributed by atoms with Gasteiger partial charge in [0.25, 0.3) is 0 Å². The number of fused-ring (bicyclic) bond motifs is 1. The molecule has 3 rings (SSSR count). The van der Waals surface area contributed by atoms with Gasteiger partial charge >= 0.3 is 5.97 Å². The molecule has 2 aromatic rings. The van der Waals surface area contributed by atoms with Crippen molar-refractivity contribution in [2.45, 2.75) is 6.10 Å². The number of hydrogen-bond donors (Lipinski definition) is 0. The summed E-state index contributed by atoms with van der Waals surface area (Å²) in [5.41, 5.74) is 1.96. The molecular weight excluding hydrogens is 242 g/mol. The van der Waals surface area contributed by atoms with Crippen LogP contribution in [-0.2, 0) is 9.47 Å². The van der Waals surface area contributed by atoms with Crippen LogP contribution in [0.4, 0.5) is 0 Å². The van der Waals surface area contributed by atoms with Gasteiger partial charge in [0.2, 0.25) is 0 Å². The second-order valence-corrected chi connectivity index (χ2v) is 4.36. The van der Waals surface area contributed by atoms with Gasteiger partial charge in [-0.2, -0.15) is 0 Å². The second kappa shape index (κ2) is 4.82. The van der Waals surface area contributed by atoms with Crippen LogP contribution in [0.3, 0.4) is 0 Å². The fourth-order valence-electron chi connectivity index (χ4n) is 1.94. The third-order valence-corrected chi connectivity index (χ3v) is 3.03. The van der Waals surface area contributed by atoms with Crippen molar-refractivity contribution in [2.75, 3.05) is 13.2 Å². The molecule has 96 valence electrons. The quantitative estimate of drug-likeness (QED) is 0.622. The van der Waals surface area contributed by atoms with Crippen LogP contribution in [-0.4, -0.2) is 30.3 Å². The zero-order valence-electron chi connectivity index (χ0n) is 10.3. The summed E-state index contributed by atoms with van der Waals surface area (Å²) in [4.78, 5) is 16.5. The fraction of sp³-hybridized carbons (Fsp3) is 0.200. The van der Waals surface area contributed by atoms with Crippen LogP contribution in [0.25, 0.3) is 17.0 Å². The van der Waals surface area contributed by atoms with E-state index in [1.807, 2.05) is 24.3 Å². The summed E-state index contributed by atoms with van der Waals surface area (Å²) in [6.45, 7) is 4.68. The molecule has 1 atom stereocenters. The van der Waals surface area contributed by atoms with Crippen molar-refractivity contribution in [1.82, 2.24) is 4.98 Å². The van der Waals surface area contributed by atoms with Gasteiger partial charge in [-0.1, -0.05) is 30.9 Å². The fourth-order valence-corrected chi connectivity index (χ4v) is 1.94. The Kier molecular flexibility index (Phi) is 3.01. The average molecular weight is 255 g/mol. The first kappa shape index (κ1) is 11.9. The maximum atomic E-state index is 12.2. The summed E-state index contributed by atoms with van der Waals surface area (Å²) in [7, 11) is 0. The number of benzene rings is 1. The molecule has 1 aromatic carbocycles. The minimum atomic E-state index is -0.357. The molecule has 1 fully saturated rings. The highest BCUT2D eigenvalue weighted by atomic mass is 16.6. The van der Waals surface area contributed by atoms with Crippen molar-refractivity contribution >= 4 is 22.9 Å². The maximum absolute atomic E-state index is 12.2. The number of esters is 1. The van der Waals surface area contributed by atoms with Gasteiger partial charge in [0.1, 0.15) is 12.7 Å². The van der Waals surface area contributed by atoms with E-state index in [1.165, 1.54) is 0 Å². The average Bonchev–Trinajstić information content (AvgIpc) is 3.27. The number of epoxide rings is 1. The van der Waals surface area contributed by atoms with Crippen molar-refractivity contribution in [3.8, 4) is 0 Å². The van der Waals surface area contributed by atoms with Gasteiger partial charge in [0.05, 0.1) is 17.7 Å². The molecule has 1 saturated heterocycles. The molecule has 1 aliphatic rings. The lowest BCUT2D eigenvalue weighted by atomic mass is 10.0. The van der Waals surface area contributed by atoms with Gasteiger partial charge < -0.3 is 9.47 Å². The highest BCUT2D eigenvalue weighted by Crippen LogP contribution is 2.22. The number of para-hydroxylation sites is 1. The van der Waals surface area contributed by atoms with E-state index in [9.17, 15) is 4.79 Å². The molecule has 19 heavy (non-hydrogen) atoms. The smallest absolute Gasteiger partial charge is 0.339 e. The number of pyridine rings is 1. The number of hydrogen-bond acceptors (Lipinski definition) is 4. The Labute approximate surface area is 110 Å².